The second kappa shape index (κ2) is 9.19. The number of hydrogen-bond acceptors (Lipinski definition) is 3. The van der Waals surface area contributed by atoms with E-state index in [2.05, 4.69) is 56.9 Å². The molecule has 0 bridgehead atoms. The van der Waals surface area contributed by atoms with Crippen LogP contribution in [0.3, 0.4) is 0 Å². The van der Waals surface area contributed by atoms with Crippen molar-refractivity contribution in [2.75, 3.05) is 26.7 Å². The van der Waals surface area contributed by atoms with Crippen molar-refractivity contribution >= 4 is 0 Å². The summed E-state index contributed by atoms with van der Waals surface area (Å²) in [7, 11) is 1.73. The molecule has 0 aliphatic carbocycles. The van der Waals surface area contributed by atoms with E-state index in [1.165, 1.54) is 11.1 Å². The normalized spacial score (nSPS) is 13.4. The Balaban J connectivity index is 2.97. The van der Waals surface area contributed by atoms with Gasteiger partial charge in [-0.1, -0.05) is 52.0 Å². The Hall–Kier alpha value is -0.900. The van der Waals surface area contributed by atoms with E-state index in [9.17, 15) is 0 Å². The van der Waals surface area contributed by atoms with Gasteiger partial charge >= 0.3 is 0 Å². The molecular weight excluding hydrogens is 260 g/mol. The minimum atomic E-state index is 0.284. The van der Waals surface area contributed by atoms with Crippen LogP contribution in [0.15, 0.2) is 24.3 Å². The van der Waals surface area contributed by atoms with E-state index >= 15 is 0 Å². The largest absolute Gasteiger partial charge is 0.380 e. The molecule has 0 heterocycles. The molecule has 0 spiro atoms. The summed E-state index contributed by atoms with van der Waals surface area (Å²) < 4.78 is 5.24. The van der Waals surface area contributed by atoms with Gasteiger partial charge in [0, 0.05) is 32.8 Å². The first-order valence-corrected chi connectivity index (χ1v) is 7.99. The van der Waals surface area contributed by atoms with E-state index in [0.717, 1.165) is 13.1 Å². The number of nitrogens with two attached hydrogens (primary N) is 1. The zero-order valence-corrected chi connectivity index (χ0v) is 14.3. The molecule has 0 amide bonds. The zero-order valence-electron chi connectivity index (χ0n) is 14.3. The fourth-order valence-electron chi connectivity index (χ4n) is 2.82. The standard InChI is InChI=1S/C18H32N2O/c1-14(2)11-20(12-15(3)4)18(10-19)17-8-6-7-16(9-17)13-21-5/h6-9,14-15,18H,10-13,19H2,1-5H3. The molecule has 1 aromatic carbocycles. The third-order valence-corrected chi connectivity index (χ3v) is 3.51. The van der Waals surface area contributed by atoms with Crippen molar-refractivity contribution < 1.29 is 4.74 Å². The average Bonchev–Trinajstić information content (AvgIpc) is 2.39. The Morgan fingerprint density at radius 1 is 1.10 bits per heavy atom. The number of rotatable bonds is 9. The highest BCUT2D eigenvalue weighted by molar-refractivity contribution is 5.26. The van der Waals surface area contributed by atoms with Crippen LogP contribution in [0.1, 0.15) is 44.9 Å². The average molecular weight is 292 g/mol. The highest BCUT2D eigenvalue weighted by atomic mass is 16.5. The van der Waals surface area contributed by atoms with Crippen molar-refractivity contribution in [3.05, 3.63) is 35.4 Å². The fourth-order valence-corrected chi connectivity index (χ4v) is 2.82. The summed E-state index contributed by atoms with van der Waals surface area (Å²) in [5, 5.41) is 0. The third kappa shape index (κ3) is 6.16. The van der Waals surface area contributed by atoms with E-state index in [1.54, 1.807) is 7.11 Å². The van der Waals surface area contributed by atoms with Gasteiger partial charge in [0.1, 0.15) is 0 Å². The molecule has 3 nitrogen and oxygen atoms in total. The molecule has 1 atom stereocenters. The van der Waals surface area contributed by atoms with Crippen LogP contribution >= 0.6 is 0 Å². The van der Waals surface area contributed by atoms with Crippen LogP contribution in [-0.4, -0.2) is 31.6 Å². The number of ether oxygens (including phenoxy) is 1. The summed E-state index contributed by atoms with van der Waals surface area (Å²) in [5.74, 6) is 1.28. The van der Waals surface area contributed by atoms with Gasteiger partial charge < -0.3 is 10.5 Å². The number of hydrogen-bond donors (Lipinski definition) is 1. The Kier molecular flexibility index (Phi) is 7.94. The molecule has 0 saturated carbocycles. The minimum absolute atomic E-state index is 0.284. The lowest BCUT2D eigenvalue weighted by molar-refractivity contribution is 0.159. The maximum atomic E-state index is 6.11. The highest BCUT2D eigenvalue weighted by Crippen LogP contribution is 2.23. The molecule has 0 saturated heterocycles. The van der Waals surface area contributed by atoms with Crippen molar-refractivity contribution in [1.29, 1.82) is 0 Å². The molecule has 1 rings (SSSR count). The fraction of sp³-hybridized carbons (Fsp3) is 0.667. The van der Waals surface area contributed by atoms with E-state index in [4.69, 9.17) is 10.5 Å². The molecule has 0 aliphatic rings. The molecule has 0 radical (unpaired) electrons. The lowest BCUT2D eigenvalue weighted by atomic mass is 10.00. The quantitative estimate of drug-likeness (QED) is 0.757. The van der Waals surface area contributed by atoms with Gasteiger partial charge in [-0.2, -0.15) is 0 Å². The van der Waals surface area contributed by atoms with Gasteiger partial charge in [0.05, 0.1) is 6.61 Å². The van der Waals surface area contributed by atoms with Crippen molar-refractivity contribution in [3.63, 3.8) is 0 Å². The summed E-state index contributed by atoms with van der Waals surface area (Å²) in [5.41, 5.74) is 8.62. The van der Waals surface area contributed by atoms with Crippen molar-refractivity contribution in [2.45, 2.75) is 40.3 Å². The van der Waals surface area contributed by atoms with E-state index in [0.29, 0.717) is 25.0 Å². The Labute approximate surface area is 130 Å². The van der Waals surface area contributed by atoms with Crippen LogP contribution in [0.4, 0.5) is 0 Å². The number of benzene rings is 1. The third-order valence-electron chi connectivity index (χ3n) is 3.51. The van der Waals surface area contributed by atoms with Gasteiger partial charge in [0.15, 0.2) is 0 Å². The monoisotopic (exact) mass is 292 g/mol. The summed E-state index contributed by atoms with van der Waals surface area (Å²) >= 11 is 0. The molecule has 1 aromatic rings. The SMILES string of the molecule is COCc1cccc(C(CN)N(CC(C)C)CC(C)C)c1. The van der Waals surface area contributed by atoms with Crippen LogP contribution in [-0.2, 0) is 11.3 Å². The van der Waals surface area contributed by atoms with E-state index < -0.39 is 0 Å². The van der Waals surface area contributed by atoms with E-state index in [1.807, 2.05) is 0 Å². The molecule has 21 heavy (non-hydrogen) atoms. The first-order valence-electron chi connectivity index (χ1n) is 7.99. The Morgan fingerprint density at radius 2 is 1.71 bits per heavy atom. The predicted octanol–water partition coefficient (Wildman–Crippen LogP) is 3.45. The molecule has 0 aliphatic heterocycles. The molecular formula is C18H32N2O. The van der Waals surface area contributed by atoms with Crippen LogP contribution in [0, 0.1) is 11.8 Å². The van der Waals surface area contributed by atoms with Gasteiger partial charge in [-0.25, -0.2) is 0 Å². The van der Waals surface area contributed by atoms with Crippen LogP contribution in [0.5, 0.6) is 0 Å². The predicted molar refractivity (Wildman–Crippen MR) is 90.2 cm³/mol. The van der Waals surface area contributed by atoms with Gasteiger partial charge in [0.2, 0.25) is 0 Å². The van der Waals surface area contributed by atoms with Crippen LogP contribution in [0.2, 0.25) is 0 Å². The summed E-state index contributed by atoms with van der Waals surface area (Å²) in [6, 6.07) is 8.91. The molecule has 0 aromatic heterocycles. The van der Waals surface area contributed by atoms with Crippen molar-refractivity contribution in [3.8, 4) is 0 Å². The van der Waals surface area contributed by atoms with Crippen molar-refractivity contribution in [1.82, 2.24) is 4.90 Å². The van der Waals surface area contributed by atoms with Crippen LogP contribution in [0.25, 0.3) is 0 Å². The first-order chi connectivity index (χ1) is 9.97. The second-order valence-electron chi connectivity index (χ2n) is 6.67. The van der Waals surface area contributed by atoms with Gasteiger partial charge in [-0.15, -0.1) is 0 Å². The highest BCUT2D eigenvalue weighted by Gasteiger charge is 2.21. The van der Waals surface area contributed by atoms with Gasteiger partial charge in [0.25, 0.3) is 0 Å². The first kappa shape index (κ1) is 18.1. The number of methoxy groups -OCH3 is 1. The van der Waals surface area contributed by atoms with Gasteiger partial charge in [-0.3, -0.25) is 4.90 Å². The maximum absolute atomic E-state index is 6.11. The summed E-state index contributed by atoms with van der Waals surface area (Å²) in [4.78, 5) is 2.53. The molecule has 3 heteroatoms. The Morgan fingerprint density at radius 3 is 2.19 bits per heavy atom. The number of nitrogens with zero attached hydrogens (tertiary/aromatic N) is 1. The maximum Gasteiger partial charge on any atom is 0.0713 e. The zero-order chi connectivity index (χ0) is 15.8. The molecule has 0 fully saturated rings. The topological polar surface area (TPSA) is 38.5 Å². The molecule has 1 unspecified atom stereocenters. The van der Waals surface area contributed by atoms with Crippen LogP contribution < -0.4 is 5.73 Å². The lowest BCUT2D eigenvalue weighted by Gasteiger charge is -2.34. The smallest absolute Gasteiger partial charge is 0.0713 e. The summed E-state index contributed by atoms with van der Waals surface area (Å²) in [6.07, 6.45) is 0. The summed E-state index contributed by atoms with van der Waals surface area (Å²) in [6.45, 7) is 12.5. The second-order valence-corrected chi connectivity index (χ2v) is 6.67. The van der Waals surface area contributed by atoms with Gasteiger partial charge in [-0.05, 0) is 23.0 Å². The van der Waals surface area contributed by atoms with Crippen molar-refractivity contribution in [2.24, 2.45) is 17.6 Å². The minimum Gasteiger partial charge on any atom is -0.380 e. The molecule has 120 valence electrons. The Bertz CT molecular complexity index is 394. The molecule has 2 N–H and O–H groups in total. The van der Waals surface area contributed by atoms with E-state index in [-0.39, 0.29) is 6.04 Å². The lowest BCUT2D eigenvalue weighted by Crippen LogP contribution is -2.38.